The summed E-state index contributed by atoms with van der Waals surface area (Å²) in [5.74, 6) is 3.28. The zero-order valence-electron chi connectivity index (χ0n) is 20.2. The van der Waals surface area contributed by atoms with Crippen molar-refractivity contribution in [1.82, 2.24) is 20.2 Å². The highest BCUT2D eigenvalue weighted by molar-refractivity contribution is 5.78. The number of rotatable bonds is 7. The third kappa shape index (κ3) is 4.50. The number of imidazole rings is 1. The minimum absolute atomic E-state index is 0.0443. The molecule has 7 heteroatoms. The Labute approximate surface area is 206 Å². The van der Waals surface area contributed by atoms with Gasteiger partial charge in [-0.3, -0.25) is 9.69 Å². The smallest absolute Gasteiger partial charge is 0.234 e. The zero-order valence-corrected chi connectivity index (χ0v) is 20.2. The third-order valence-corrected chi connectivity index (χ3v) is 9.21. The Morgan fingerprint density at radius 1 is 1.14 bits per heavy atom. The average molecular weight is 474 g/mol. The molecule has 7 nitrogen and oxygen atoms in total. The minimum atomic E-state index is -0.365. The number of hydrogen-bond acceptors (Lipinski definition) is 5. The molecular weight excluding hydrogens is 438 g/mol. The van der Waals surface area contributed by atoms with Crippen molar-refractivity contribution < 1.29 is 9.90 Å². The number of hydrogen-bond donors (Lipinski definition) is 3. The molecule has 2 aromatic rings. The number of carbonyl (C=O) groups is 1. The molecule has 0 spiro atoms. The highest BCUT2D eigenvalue weighted by Gasteiger charge is 2.54. The van der Waals surface area contributed by atoms with E-state index in [-0.39, 0.29) is 23.5 Å². The van der Waals surface area contributed by atoms with E-state index in [1.165, 1.54) is 38.5 Å². The summed E-state index contributed by atoms with van der Waals surface area (Å²) in [7, 11) is 0. The largest absolute Gasteiger partial charge is 0.392 e. The molecule has 5 aliphatic rings. The SMILES string of the molecule is N#Cc1ccc(Cc2ncc(C(CC(O)C34CC5CC(CC(C5)C3)C4)N3CCNC(=O)C3)[nH]2)cc1. The van der Waals surface area contributed by atoms with E-state index in [0.29, 0.717) is 31.5 Å². The maximum atomic E-state index is 12.3. The van der Waals surface area contributed by atoms with Gasteiger partial charge in [0.2, 0.25) is 5.91 Å². The first-order valence-corrected chi connectivity index (χ1v) is 13.2. The van der Waals surface area contributed by atoms with Crippen molar-refractivity contribution in [3.8, 4) is 6.07 Å². The van der Waals surface area contributed by atoms with Crippen molar-refractivity contribution in [3.05, 3.63) is 53.1 Å². The van der Waals surface area contributed by atoms with E-state index in [1.54, 1.807) is 0 Å². The van der Waals surface area contributed by atoms with Crippen molar-refractivity contribution >= 4 is 5.91 Å². The zero-order chi connectivity index (χ0) is 24.0. The number of aromatic nitrogens is 2. The van der Waals surface area contributed by atoms with E-state index in [4.69, 9.17) is 5.26 Å². The Balaban J connectivity index is 1.23. The van der Waals surface area contributed by atoms with Crippen molar-refractivity contribution in [2.24, 2.45) is 23.2 Å². The summed E-state index contributed by atoms with van der Waals surface area (Å²) in [6, 6.07) is 9.68. The number of aliphatic hydroxyl groups is 1. The van der Waals surface area contributed by atoms with Crippen LogP contribution in [0.5, 0.6) is 0 Å². The fourth-order valence-electron chi connectivity index (χ4n) is 7.97. The molecule has 3 N–H and O–H groups in total. The summed E-state index contributed by atoms with van der Waals surface area (Å²) in [5.41, 5.74) is 2.77. The molecule has 1 saturated heterocycles. The van der Waals surface area contributed by atoms with Crippen LogP contribution in [0.2, 0.25) is 0 Å². The molecule has 4 aliphatic carbocycles. The van der Waals surface area contributed by atoms with Crippen LogP contribution in [0.15, 0.2) is 30.5 Å². The van der Waals surface area contributed by atoms with Gasteiger partial charge in [-0.2, -0.15) is 5.26 Å². The van der Waals surface area contributed by atoms with E-state index in [2.05, 4.69) is 26.3 Å². The monoisotopic (exact) mass is 473 g/mol. The number of amides is 1. The highest BCUT2D eigenvalue weighted by Crippen LogP contribution is 2.62. The van der Waals surface area contributed by atoms with Crippen LogP contribution in [0.3, 0.4) is 0 Å². The molecule has 1 aromatic heterocycles. The van der Waals surface area contributed by atoms with Gasteiger partial charge < -0.3 is 15.4 Å². The van der Waals surface area contributed by atoms with Crippen LogP contribution < -0.4 is 5.32 Å². The molecule has 2 unspecified atom stereocenters. The molecule has 2 atom stereocenters. The topological polar surface area (TPSA) is 105 Å². The van der Waals surface area contributed by atoms with Gasteiger partial charge in [0, 0.05) is 25.7 Å². The van der Waals surface area contributed by atoms with Gasteiger partial charge in [-0.05, 0) is 85.8 Å². The van der Waals surface area contributed by atoms with Crippen molar-refractivity contribution in [1.29, 1.82) is 5.26 Å². The lowest BCUT2D eigenvalue weighted by Crippen LogP contribution is -2.53. The number of benzene rings is 1. The molecular formula is C28H35N5O2. The lowest BCUT2D eigenvalue weighted by atomic mass is 9.48. The first-order valence-electron chi connectivity index (χ1n) is 13.2. The summed E-state index contributed by atoms with van der Waals surface area (Å²) in [6.45, 7) is 1.76. The van der Waals surface area contributed by atoms with E-state index in [1.807, 2.05) is 30.5 Å². The molecule has 4 bridgehead atoms. The molecule has 0 radical (unpaired) electrons. The Bertz CT molecular complexity index is 1080. The molecule has 2 heterocycles. The summed E-state index contributed by atoms with van der Waals surface area (Å²) in [6.07, 6.45) is 10.4. The molecule has 1 aromatic carbocycles. The van der Waals surface area contributed by atoms with Gasteiger partial charge in [-0.25, -0.2) is 4.98 Å². The van der Waals surface area contributed by atoms with Crippen LogP contribution in [0.25, 0.3) is 0 Å². The Kier molecular flexibility index (Phi) is 5.90. The lowest BCUT2D eigenvalue weighted by molar-refractivity contribution is -0.132. The van der Waals surface area contributed by atoms with E-state index in [9.17, 15) is 9.90 Å². The standard InChI is InChI=1S/C28H35N5O2/c29-15-19-3-1-18(2-4-19)10-26-31-16-23(32-26)24(33-6-5-30-27(35)17-33)11-25(34)28-12-20-7-21(13-28)9-22(8-20)14-28/h1-4,16,20-22,24-25,34H,5-14,17H2,(H,30,35)(H,31,32). The van der Waals surface area contributed by atoms with Crippen LogP contribution in [0.4, 0.5) is 0 Å². The number of piperazine rings is 1. The van der Waals surface area contributed by atoms with E-state index in [0.717, 1.165) is 41.4 Å². The van der Waals surface area contributed by atoms with Gasteiger partial charge in [0.1, 0.15) is 5.82 Å². The number of H-pyrrole nitrogens is 1. The third-order valence-electron chi connectivity index (χ3n) is 9.21. The number of nitrogens with zero attached hydrogens (tertiary/aromatic N) is 3. The lowest BCUT2D eigenvalue weighted by Gasteiger charge is -2.59. The van der Waals surface area contributed by atoms with Crippen molar-refractivity contribution in [2.75, 3.05) is 19.6 Å². The number of carbonyl (C=O) groups excluding carboxylic acids is 1. The number of nitriles is 1. The molecule has 5 fully saturated rings. The highest BCUT2D eigenvalue weighted by atomic mass is 16.3. The molecule has 4 saturated carbocycles. The molecule has 184 valence electrons. The predicted octanol–water partition coefficient (Wildman–Crippen LogP) is 3.31. The quantitative estimate of drug-likeness (QED) is 0.572. The molecule has 1 aliphatic heterocycles. The molecule has 35 heavy (non-hydrogen) atoms. The second kappa shape index (κ2) is 9.07. The molecule has 7 rings (SSSR count). The Morgan fingerprint density at radius 3 is 2.46 bits per heavy atom. The average Bonchev–Trinajstić information content (AvgIpc) is 3.30. The van der Waals surface area contributed by atoms with Crippen LogP contribution in [0.1, 0.15) is 73.6 Å². The fourth-order valence-corrected chi connectivity index (χ4v) is 7.97. The summed E-state index contributed by atoms with van der Waals surface area (Å²) in [5, 5.41) is 23.7. The summed E-state index contributed by atoms with van der Waals surface area (Å²) in [4.78, 5) is 22.6. The maximum Gasteiger partial charge on any atom is 0.234 e. The van der Waals surface area contributed by atoms with Gasteiger partial charge in [0.05, 0.1) is 36.0 Å². The predicted molar refractivity (Wildman–Crippen MR) is 131 cm³/mol. The van der Waals surface area contributed by atoms with Crippen LogP contribution >= 0.6 is 0 Å². The van der Waals surface area contributed by atoms with Gasteiger partial charge >= 0.3 is 0 Å². The van der Waals surface area contributed by atoms with E-state index >= 15 is 0 Å². The number of nitrogens with one attached hydrogen (secondary N) is 2. The minimum Gasteiger partial charge on any atom is -0.392 e. The van der Waals surface area contributed by atoms with Gasteiger partial charge in [0.25, 0.3) is 0 Å². The van der Waals surface area contributed by atoms with Crippen molar-refractivity contribution in [3.63, 3.8) is 0 Å². The Morgan fingerprint density at radius 2 is 1.83 bits per heavy atom. The summed E-state index contributed by atoms with van der Waals surface area (Å²) < 4.78 is 0. The summed E-state index contributed by atoms with van der Waals surface area (Å²) >= 11 is 0. The van der Waals surface area contributed by atoms with Gasteiger partial charge in [-0.1, -0.05) is 12.1 Å². The first-order chi connectivity index (χ1) is 17.0. The van der Waals surface area contributed by atoms with Crippen LogP contribution in [0, 0.1) is 34.5 Å². The van der Waals surface area contributed by atoms with Gasteiger partial charge in [0.15, 0.2) is 0 Å². The second-order valence-electron chi connectivity index (χ2n) is 11.6. The molecule has 1 amide bonds. The number of aromatic amines is 1. The van der Waals surface area contributed by atoms with Crippen LogP contribution in [-0.4, -0.2) is 51.6 Å². The van der Waals surface area contributed by atoms with E-state index < -0.39 is 0 Å². The first kappa shape index (κ1) is 22.8. The van der Waals surface area contributed by atoms with Crippen LogP contribution in [-0.2, 0) is 11.2 Å². The maximum absolute atomic E-state index is 12.3. The fraction of sp³-hybridized carbons (Fsp3) is 0.607. The normalized spacial score (nSPS) is 31.7. The Hall–Kier alpha value is -2.69. The van der Waals surface area contributed by atoms with Crippen molar-refractivity contribution in [2.45, 2.75) is 63.5 Å². The second-order valence-corrected chi connectivity index (χ2v) is 11.6. The number of aliphatic hydroxyl groups excluding tert-OH is 1. The van der Waals surface area contributed by atoms with Gasteiger partial charge in [-0.15, -0.1) is 0 Å².